The van der Waals surface area contributed by atoms with Crippen molar-refractivity contribution in [2.24, 2.45) is 11.5 Å². The molecule has 0 aromatic rings. The highest BCUT2D eigenvalue weighted by molar-refractivity contribution is 4.61. The van der Waals surface area contributed by atoms with Crippen LogP contribution in [0.15, 0.2) is 0 Å². The molecule has 0 aromatic heterocycles. The summed E-state index contributed by atoms with van der Waals surface area (Å²) < 4.78 is 0. The lowest BCUT2D eigenvalue weighted by Gasteiger charge is -2.10. The Balaban J connectivity index is 3.10. The lowest BCUT2D eigenvalue weighted by atomic mass is 10.0. The molecule has 0 radical (unpaired) electrons. The van der Waals surface area contributed by atoms with Crippen LogP contribution in [0.4, 0.5) is 0 Å². The molecule has 0 spiro atoms. The predicted molar refractivity (Wildman–Crippen MR) is 64.2 cm³/mol. The van der Waals surface area contributed by atoms with Crippen molar-refractivity contribution < 1.29 is 0 Å². The summed E-state index contributed by atoms with van der Waals surface area (Å²) in [5, 5.41) is 0. The molecule has 0 saturated carbocycles. The van der Waals surface area contributed by atoms with Crippen molar-refractivity contribution in [3.8, 4) is 0 Å². The minimum Gasteiger partial charge on any atom is -0.328 e. The van der Waals surface area contributed by atoms with Crippen LogP contribution in [0.25, 0.3) is 0 Å². The second kappa shape index (κ2) is 9.47. The molecule has 14 heavy (non-hydrogen) atoms. The third-order valence-electron chi connectivity index (χ3n) is 2.66. The molecular weight excluding hydrogens is 172 g/mol. The van der Waals surface area contributed by atoms with Gasteiger partial charge >= 0.3 is 0 Å². The summed E-state index contributed by atoms with van der Waals surface area (Å²) in [6.07, 6.45) is 9.92. The second-order valence-corrected chi connectivity index (χ2v) is 4.52. The van der Waals surface area contributed by atoms with Gasteiger partial charge in [0.2, 0.25) is 0 Å². The third-order valence-corrected chi connectivity index (χ3v) is 2.66. The molecule has 2 heteroatoms. The van der Waals surface area contributed by atoms with Gasteiger partial charge in [-0.3, -0.25) is 0 Å². The maximum absolute atomic E-state index is 5.98. The van der Waals surface area contributed by atoms with Crippen molar-refractivity contribution in [3.63, 3.8) is 0 Å². The molecule has 4 N–H and O–H groups in total. The normalized spacial score (nSPS) is 15.4. The topological polar surface area (TPSA) is 52.0 Å². The Kier molecular flexibility index (Phi) is 9.42. The Morgan fingerprint density at radius 3 is 2.00 bits per heavy atom. The van der Waals surface area contributed by atoms with Gasteiger partial charge < -0.3 is 11.5 Å². The first-order chi connectivity index (χ1) is 6.66. The molecule has 2 nitrogen and oxygen atoms in total. The van der Waals surface area contributed by atoms with Crippen LogP contribution in [0, 0.1) is 0 Å². The molecule has 0 aliphatic carbocycles. The number of hydrogen-bond acceptors (Lipinski definition) is 2. The van der Waals surface area contributed by atoms with Gasteiger partial charge in [-0.15, -0.1) is 0 Å². The van der Waals surface area contributed by atoms with E-state index in [4.69, 9.17) is 11.5 Å². The molecule has 0 rings (SSSR count). The van der Waals surface area contributed by atoms with E-state index in [9.17, 15) is 0 Å². The van der Waals surface area contributed by atoms with Crippen LogP contribution in [0.5, 0.6) is 0 Å². The average molecular weight is 200 g/mol. The quantitative estimate of drug-likeness (QED) is 0.562. The van der Waals surface area contributed by atoms with Crippen LogP contribution in [-0.4, -0.2) is 12.1 Å². The van der Waals surface area contributed by atoms with Gasteiger partial charge in [0.15, 0.2) is 0 Å². The molecule has 0 amide bonds. The van der Waals surface area contributed by atoms with Crippen molar-refractivity contribution in [2.45, 2.75) is 77.3 Å². The first-order valence-corrected chi connectivity index (χ1v) is 6.18. The van der Waals surface area contributed by atoms with Gasteiger partial charge in [-0.25, -0.2) is 0 Å². The van der Waals surface area contributed by atoms with Crippen LogP contribution in [0.3, 0.4) is 0 Å². The number of hydrogen-bond donors (Lipinski definition) is 2. The zero-order chi connectivity index (χ0) is 10.8. The fourth-order valence-corrected chi connectivity index (χ4v) is 1.66. The molecule has 2 atom stereocenters. The highest BCUT2D eigenvalue weighted by Crippen LogP contribution is 2.09. The summed E-state index contributed by atoms with van der Waals surface area (Å²) in [7, 11) is 0. The van der Waals surface area contributed by atoms with E-state index < -0.39 is 0 Å². The average Bonchev–Trinajstić information content (AvgIpc) is 2.13. The monoisotopic (exact) mass is 200 g/mol. The molecule has 2 unspecified atom stereocenters. The number of unbranched alkanes of at least 4 members (excludes halogenated alkanes) is 3. The van der Waals surface area contributed by atoms with Gasteiger partial charge in [-0.1, -0.05) is 39.0 Å². The molecular formula is C12H28N2. The van der Waals surface area contributed by atoms with E-state index in [1.807, 2.05) is 0 Å². The largest absolute Gasteiger partial charge is 0.328 e. The lowest BCUT2D eigenvalue weighted by Crippen LogP contribution is -2.19. The fourth-order valence-electron chi connectivity index (χ4n) is 1.66. The van der Waals surface area contributed by atoms with E-state index >= 15 is 0 Å². The van der Waals surface area contributed by atoms with Crippen LogP contribution < -0.4 is 11.5 Å². The SMILES string of the molecule is CCCCC(N)CCCCCC(C)N. The minimum atomic E-state index is 0.365. The first kappa shape index (κ1) is 13.9. The lowest BCUT2D eigenvalue weighted by molar-refractivity contribution is 0.493. The predicted octanol–water partition coefficient (Wildman–Crippen LogP) is 2.80. The summed E-state index contributed by atoms with van der Waals surface area (Å²) in [5.41, 5.74) is 11.7. The zero-order valence-corrected chi connectivity index (χ0v) is 9.97. The van der Waals surface area contributed by atoms with E-state index in [0.29, 0.717) is 12.1 Å². The van der Waals surface area contributed by atoms with Crippen LogP contribution in [0.1, 0.15) is 65.2 Å². The summed E-state index contributed by atoms with van der Waals surface area (Å²) in [6.45, 7) is 4.29. The molecule has 0 aliphatic rings. The van der Waals surface area contributed by atoms with E-state index in [1.54, 1.807) is 0 Å². The van der Waals surface area contributed by atoms with Gasteiger partial charge in [0.05, 0.1) is 0 Å². The van der Waals surface area contributed by atoms with Gasteiger partial charge in [0.25, 0.3) is 0 Å². The Morgan fingerprint density at radius 2 is 1.43 bits per heavy atom. The summed E-state index contributed by atoms with van der Waals surface area (Å²) >= 11 is 0. The Morgan fingerprint density at radius 1 is 0.857 bits per heavy atom. The molecule has 86 valence electrons. The zero-order valence-electron chi connectivity index (χ0n) is 9.97. The summed E-state index contributed by atoms with van der Waals surface area (Å²) in [6, 6.07) is 0.800. The van der Waals surface area contributed by atoms with Crippen molar-refractivity contribution in [1.29, 1.82) is 0 Å². The molecule has 0 heterocycles. The molecule has 0 fully saturated rings. The summed E-state index contributed by atoms with van der Waals surface area (Å²) in [4.78, 5) is 0. The van der Waals surface area contributed by atoms with E-state index in [1.165, 1.54) is 44.9 Å². The maximum atomic E-state index is 5.98. The van der Waals surface area contributed by atoms with E-state index in [0.717, 1.165) is 6.42 Å². The van der Waals surface area contributed by atoms with Crippen LogP contribution in [0.2, 0.25) is 0 Å². The van der Waals surface area contributed by atoms with Gasteiger partial charge in [0.1, 0.15) is 0 Å². The van der Waals surface area contributed by atoms with Crippen molar-refractivity contribution in [1.82, 2.24) is 0 Å². The van der Waals surface area contributed by atoms with Gasteiger partial charge in [-0.05, 0) is 26.2 Å². The first-order valence-electron chi connectivity index (χ1n) is 6.18. The molecule has 0 aliphatic heterocycles. The van der Waals surface area contributed by atoms with Crippen molar-refractivity contribution >= 4 is 0 Å². The smallest absolute Gasteiger partial charge is 0.00388 e. The fraction of sp³-hybridized carbons (Fsp3) is 1.00. The van der Waals surface area contributed by atoms with Gasteiger partial charge in [-0.2, -0.15) is 0 Å². The highest BCUT2D eigenvalue weighted by atomic mass is 14.6. The number of rotatable bonds is 9. The third kappa shape index (κ3) is 10.0. The second-order valence-electron chi connectivity index (χ2n) is 4.52. The molecule has 0 bridgehead atoms. The standard InChI is InChI=1S/C12H28N2/c1-3-4-9-12(14)10-7-5-6-8-11(2)13/h11-12H,3-10,13-14H2,1-2H3. The molecule has 0 aromatic carbocycles. The van der Waals surface area contributed by atoms with Crippen LogP contribution in [-0.2, 0) is 0 Å². The Bertz CT molecular complexity index is 113. The van der Waals surface area contributed by atoms with Crippen molar-refractivity contribution in [3.05, 3.63) is 0 Å². The van der Waals surface area contributed by atoms with E-state index in [2.05, 4.69) is 13.8 Å². The maximum Gasteiger partial charge on any atom is 0.00388 e. The van der Waals surface area contributed by atoms with Crippen LogP contribution >= 0.6 is 0 Å². The summed E-state index contributed by atoms with van der Waals surface area (Å²) in [5.74, 6) is 0. The van der Waals surface area contributed by atoms with Crippen molar-refractivity contribution in [2.75, 3.05) is 0 Å². The highest BCUT2D eigenvalue weighted by Gasteiger charge is 2.01. The van der Waals surface area contributed by atoms with Gasteiger partial charge in [0, 0.05) is 12.1 Å². The molecule has 0 saturated heterocycles. The van der Waals surface area contributed by atoms with E-state index in [-0.39, 0.29) is 0 Å². The number of nitrogens with two attached hydrogens (primary N) is 2. The Hall–Kier alpha value is -0.0800. The Labute approximate surface area is 89.4 Å². The minimum absolute atomic E-state index is 0.365.